The largest absolute Gasteiger partial charge is 0.391 e. The summed E-state index contributed by atoms with van der Waals surface area (Å²) in [5, 5.41) is 18.6. The molecule has 0 bridgehead atoms. The normalized spacial score (nSPS) is 24.0. The van der Waals surface area contributed by atoms with Gasteiger partial charge in [-0.1, -0.05) is 11.3 Å². The van der Waals surface area contributed by atoms with Gasteiger partial charge in [0.25, 0.3) is 0 Å². The predicted molar refractivity (Wildman–Crippen MR) is 101 cm³/mol. The Balaban J connectivity index is 1.47. The van der Waals surface area contributed by atoms with Gasteiger partial charge in [0, 0.05) is 30.9 Å². The average Bonchev–Trinajstić information content (AvgIpc) is 3.10. The van der Waals surface area contributed by atoms with Crippen LogP contribution in [-0.4, -0.2) is 52.0 Å². The summed E-state index contributed by atoms with van der Waals surface area (Å²) < 4.78 is 7.70. The first-order chi connectivity index (χ1) is 12.7. The molecule has 0 amide bonds. The number of aliphatic hydroxyl groups is 1. The van der Waals surface area contributed by atoms with E-state index in [1.807, 2.05) is 10.9 Å². The lowest BCUT2D eigenvalue weighted by Crippen LogP contribution is -2.38. The van der Waals surface area contributed by atoms with E-state index in [1.54, 1.807) is 0 Å². The van der Waals surface area contributed by atoms with E-state index in [0.717, 1.165) is 56.8 Å². The third-order valence-electron chi connectivity index (χ3n) is 5.45. The molecular formula is C20H28N4O2. The van der Waals surface area contributed by atoms with Gasteiger partial charge in [0.1, 0.15) is 5.69 Å². The van der Waals surface area contributed by atoms with E-state index in [4.69, 9.17) is 4.74 Å². The van der Waals surface area contributed by atoms with Crippen LogP contribution in [-0.2, 0) is 11.3 Å². The highest BCUT2D eigenvalue weighted by Gasteiger charge is 2.19. The summed E-state index contributed by atoms with van der Waals surface area (Å²) in [6, 6.07) is 6.44. The topological polar surface area (TPSA) is 63.4 Å². The van der Waals surface area contributed by atoms with E-state index in [-0.39, 0.29) is 12.2 Å². The smallest absolute Gasteiger partial charge is 0.113 e. The average molecular weight is 356 g/mol. The van der Waals surface area contributed by atoms with Gasteiger partial charge < -0.3 is 14.7 Å². The minimum atomic E-state index is -0.217. The van der Waals surface area contributed by atoms with Gasteiger partial charge in [-0.2, -0.15) is 0 Å². The number of aryl methyl sites for hydroxylation is 1. The van der Waals surface area contributed by atoms with Gasteiger partial charge in [-0.25, -0.2) is 4.68 Å². The van der Waals surface area contributed by atoms with Gasteiger partial charge in [0.05, 0.1) is 24.9 Å². The summed E-state index contributed by atoms with van der Waals surface area (Å²) in [7, 11) is 0. The Bertz CT molecular complexity index is 739. The van der Waals surface area contributed by atoms with Gasteiger partial charge in [0.2, 0.25) is 0 Å². The Morgan fingerprint density at radius 3 is 2.92 bits per heavy atom. The molecule has 0 radical (unpaired) electrons. The molecule has 1 aromatic heterocycles. The number of hydrogen-bond donors (Lipinski definition) is 1. The van der Waals surface area contributed by atoms with Gasteiger partial charge in [-0.3, -0.25) is 0 Å². The predicted octanol–water partition coefficient (Wildman–Crippen LogP) is 2.78. The number of β-amino-alcohol motifs (C(OH)–C–C–N with tert-alkyl or cyclic N) is 1. The number of piperidine rings is 1. The Morgan fingerprint density at radius 1 is 1.23 bits per heavy atom. The van der Waals surface area contributed by atoms with Crippen molar-refractivity contribution in [3.63, 3.8) is 0 Å². The van der Waals surface area contributed by atoms with Crippen LogP contribution in [0, 0.1) is 6.92 Å². The molecule has 140 valence electrons. The van der Waals surface area contributed by atoms with Crippen molar-refractivity contribution in [3.8, 4) is 11.3 Å². The van der Waals surface area contributed by atoms with Crippen LogP contribution >= 0.6 is 0 Å². The molecule has 26 heavy (non-hydrogen) atoms. The van der Waals surface area contributed by atoms with Gasteiger partial charge >= 0.3 is 0 Å². The molecule has 3 heterocycles. The third kappa shape index (κ3) is 3.91. The van der Waals surface area contributed by atoms with Crippen molar-refractivity contribution in [2.75, 3.05) is 24.6 Å². The molecule has 1 aromatic carbocycles. The van der Waals surface area contributed by atoms with E-state index in [1.165, 1.54) is 24.1 Å². The third-order valence-corrected chi connectivity index (χ3v) is 5.45. The minimum Gasteiger partial charge on any atom is -0.391 e. The molecule has 2 aromatic rings. The van der Waals surface area contributed by atoms with Crippen LogP contribution in [0.5, 0.6) is 0 Å². The molecule has 2 aliphatic rings. The van der Waals surface area contributed by atoms with Gasteiger partial charge in [-0.05, 0) is 56.7 Å². The van der Waals surface area contributed by atoms with E-state index in [2.05, 4.69) is 40.3 Å². The van der Waals surface area contributed by atoms with Crippen LogP contribution in [0.2, 0.25) is 0 Å². The Labute approximate surface area is 154 Å². The Morgan fingerprint density at radius 2 is 2.15 bits per heavy atom. The number of hydrogen-bond acceptors (Lipinski definition) is 5. The Kier molecular flexibility index (Phi) is 5.22. The second kappa shape index (κ2) is 7.76. The number of rotatable bonds is 4. The van der Waals surface area contributed by atoms with Crippen molar-refractivity contribution in [2.45, 2.75) is 57.8 Å². The van der Waals surface area contributed by atoms with Crippen LogP contribution in [0.25, 0.3) is 11.3 Å². The molecule has 0 aliphatic carbocycles. The lowest BCUT2D eigenvalue weighted by atomic mass is 10.0. The molecule has 2 saturated heterocycles. The first-order valence-corrected chi connectivity index (χ1v) is 9.75. The molecule has 6 heteroatoms. The number of ether oxygens (including phenoxy) is 1. The second-order valence-electron chi connectivity index (χ2n) is 7.56. The van der Waals surface area contributed by atoms with Crippen molar-refractivity contribution in [3.05, 3.63) is 30.0 Å². The molecule has 2 unspecified atom stereocenters. The zero-order chi connectivity index (χ0) is 17.9. The van der Waals surface area contributed by atoms with Crippen molar-refractivity contribution in [1.82, 2.24) is 15.0 Å². The zero-order valence-electron chi connectivity index (χ0n) is 15.5. The lowest BCUT2D eigenvalue weighted by molar-refractivity contribution is 0.00370. The fraction of sp³-hybridized carbons (Fsp3) is 0.600. The zero-order valence-corrected chi connectivity index (χ0v) is 15.5. The summed E-state index contributed by atoms with van der Waals surface area (Å²) in [6.45, 7) is 5.47. The van der Waals surface area contributed by atoms with Crippen LogP contribution < -0.4 is 4.90 Å². The summed E-state index contributed by atoms with van der Waals surface area (Å²) in [4.78, 5) is 2.27. The summed E-state index contributed by atoms with van der Waals surface area (Å²) in [5.41, 5.74) is 4.38. The molecule has 1 N–H and O–H groups in total. The molecule has 2 atom stereocenters. The maximum atomic E-state index is 9.91. The minimum absolute atomic E-state index is 0.217. The Hall–Kier alpha value is -1.92. The molecule has 6 nitrogen and oxygen atoms in total. The molecule has 4 rings (SSSR count). The highest BCUT2D eigenvalue weighted by atomic mass is 16.5. The monoisotopic (exact) mass is 356 g/mol. The van der Waals surface area contributed by atoms with Crippen molar-refractivity contribution < 1.29 is 9.84 Å². The van der Waals surface area contributed by atoms with Crippen molar-refractivity contribution in [2.24, 2.45) is 0 Å². The number of anilines is 1. The maximum Gasteiger partial charge on any atom is 0.113 e. The first kappa shape index (κ1) is 17.5. The summed E-state index contributed by atoms with van der Waals surface area (Å²) in [5.74, 6) is 0. The SMILES string of the molecule is Cc1cc(N2CCCC(O)C2)ccc1-c1cn(CC2CCCCO2)nn1. The summed E-state index contributed by atoms with van der Waals surface area (Å²) in [6.07, 6.45) is 7.50. The van der Waals surface area contributed by atoms with Crippen LogP contribution in [0.15, 0.2) is 24.4 Å². The molecule has 0 spiro atoms. The number of nitrogens with zero attached hydrogens (tertiary/aromatic N) is 4. The molecule has 0 saturated carbocycles. The van der Waals surface area contributed by atoms with E-state index >= 15 is 0 Å². The van der Waals surface area contributed by atoms with Crippen LogP contribution in [0.1, 0.15) is 37.7 Å². The van der Waals surface area contributed by atoms with E-state index < -0.39 is 0 Å². The first-order valence-electron chi connectivity index (χ1n) is 9.75. The number of aromatic nitrogens is 3. The fourth-order valence-electron chi connectivity index (χ4n) is 3.99. The van der Waals surface area contributed by atoms with Crippen LogP contribution in [0.3, 0.4) is 0 Å². The highest BCUT2D eigenvalue weighted by molar-refractivity contribution is 5.67. The van der Waals surface area contributed by atoms with Gasteiger partial charge in [-0.15, -0.1) is 5.10 Å². The number of aliphatic hydroxyl groups excluding tert-OH is 1. The van der Waals surface area contributed by atoms with Crippen molar-refractivity contribution in [1.29, 1.82) is 0 Å². The standard InChI is InChI=1S/C20H28N4O2/c1-15-11-16(23-9-4-5-17(25)12-23)7-8-19(15)20-14-24(22-21-20)13-18-6-2-3-10-26-18/h7-8,11,14,17-18,25H,2-6,9-10,12-13H2,1H3. The molecule has 2 aliphatic heterocycles. The van der Waals surface area contributed by atoms with Crippen LogP contribution in [0.4, 0.5) is 5.69 Å². The second-order valence-corrected chi connectivity index (χ2v) is 7.56. The lowest BCUT2D eigenvalue weighted by Gasteiger charge is -2.32. The number of benzene rings is 1. The quantitative estimate of drug-likeness (QED) is 0.913. The molecule has 2 fully saturated rings. The van der Waals surface area contributed by atoms with E-state index in [0.29, 0.717) is 0 Å². The summed E-state index contributed by atoms with van der Waals surface area (Å²) >= 11 is 0. The highest BCUT2D eigenvalue weighted by Crippen LogP contribution is 2.28. The molecular weight excluding hydrogens is 328 g/mol. The maximum absolute atomic E-state index is 9.91. The van der Waals surface area contributed by atoms with Gasteiger partial charge in [0.15, 0.2) is 0 Å². The fourth-order valence-corrected chi connectivity index (χ4v) is 3.99. The van der Waals surface area contributed by atoms with E-state index in [9.17, 15) is 5.11 Å². The van der Waals surface area contributed by atoms with Crippen molar-refractivity contribution >= 4 is 5.69 Å².